The molecule has 1 aromatic heterocycles. The van der Waals surface area contributed by atoms with Gasteiger partial charge in [-0.05, 0) is 19.8 Å². The summed E-state index contributed by atoms with van der Waals surface area (Å²) in [6.45, 7) is 4.15. The molecule has 6 heteroatoms. The van der Waals surface area contributed by atoms with E-state index in [0.717, 1.165) is 6.42 Å². The van der Waals surface area contributed by atoms with Gasteiger partial charge in [-0.15, -0.1) is 0 Å². The fraction of sp³-hybridized carbons (Fsp3) is 0.636. The number of hydrogen-bond acceptors (Lipinski definition) is 5. The van der Waals surface area contributed by atoms with Crippen LogP contribution in [0.5, 0.6) is 6.01 Å². The minimum absolute atomic E-state index is 0.108. The van der Waals surface area contributed by atoms with Gasteiger partial charge in [0.2, 0.25) is 0 Å². The number of anilines is 1. The van der Waals surface area contributed by atoms with Crippen molar-refractivity contribution in [1.29, 1.82) is 0 Å². The molecule has 1 rings (SSSR count). The third kappa shape index (κ3) is 3.71. The van der Waals surface area contributed by atoms with Gasteiger partial charge in [0.15, 0.2) is 5.82 Å². The summed E-state index contributed by atoms with van der Waals surface area (Å²) in [5.41, 5.74) is -0.252. The Kier molecular flexibility index (Phi) is 4.96. The first kappa shape index (κ1) is 14.0. The van der Waals surface area contributed by atoms with Crippen molar-refractivity contribution in [3.63, 3.8) is 0 Å². The minimum atomic E-state index is -0.252. The van der Waals surface area contributed by atoms with Crippen LogP contribution in [0.15, 0.2) is 6.20 Å². The van der Waals surface area contributed by atoms with E-state index in [1.807, 2.05) is 13.8 Å². The van der Waals surface area contributed by atoms with Crippen molar-refractivity contribution in [3.8, 4) is 6.01 Å². The number of methoxy groups -OCH3 is 1. The van der Waals surface area contributed by atoms with E-state index in [1.54, 1.807) is 0 Å². The Morgan fingerprint density at radius 1 is 1.59 bits per heavy atom. The Labute approximate surface area is 106 Å². The Morgan fingerprint density at radius 3 is 2.82 bits per heavy atom. The third-order valence-electron chi connectivity index (χ3n) is 2.77. The van der Waals surface area contributed by atoms with E-state index in [2.05, 4.69) is 15.3 Å². The van der Waals surface area contributed by atoms with Gasteiger partial charge >= 0.3 is 6.01 Å². The lowest BCUT2D eigenvalue weighted by atomic mass is 9.95. The maximum absolute atomic E-state index is 9.05. The van der Waals surface area contributed by atoms with Crippen LogP contribution in [0.2, 0.25) is 5.02 Å². The van der Waals surface area contributed by atoms with E-state index in [4.69, 9.17) is 21.4 Å². The average molecular weight is 260 g/mol. The Hall–Kier alpha value is -1.07. The van der Waals surface area contributed by atoms with E-state index in [-0.39, 0.29) is 18.2 Å². The maximum Gasteiger partial charge on any atom is 0.318 e. The molecule has 0 aliphatic heterocycles. The molecule has 1 aromatic rings. The predicted molar refractivity (Wildman–Crippen MR) is 67.6 cm³/mol. The van der Waals surface area contributed by atoms with Gasteiger partial charge in [0.05, 0.1) is 13.3 Å². The van der Waals surface area contributed by atoms with Crippen LogP contribution in [0, 0.1) is 0 Å². The second-order valence-corrected chi connectivity index (χ2v) is 4.47. The van der Waals surface area contributed by atoms with Crippen LogP contribution in [-0.2, 0) is 0 Å². The summed E-state index contributed by atoms with van der Waals surface area (Å²) in [5, 5.41) is 12.7. The molecule has 0 saturated carbocycles. The van der Waals surface area contributed by atoms with Gasteiger partial charge in [-0.1, -0.05) is 18.5 Å². The molecular formula is C11H18ClN3O2. The van der Waals surface area contributed by atoms with Crippen molar-refractivity contribution < 1.29 is 9.84 Å². The molecule has 96 valence electrons. The molecule has 0 radical (unpaired) electrons. The fourth-order valence-corrected chi connectivity index (χ4v) is 1.54. The second kappa shape index (κ2) is 6.02. The molecule has 0 aliphatic rings. The standard InChI is InChI=1S/C11H18ClN3O2/c1-4-11(2,5-6-16)15-9-8(12)7-13-10(14-9)17-3/h7,16H,4-6H2,1-3H3,(H,13,14,15). The highest BCUT2D eigenvalue weighted by Crippen LogP contribution is 2.26. The predicted octanol–water partition coefficient (Wildman–Crippen LogP) is 2.10. The summed E-state index contributed by atoms with van der Waals surface area (Å²) in [5.74, 6) is 0.524. The molecule has 0 aliphatic carbocycles. The zero-order valence-corrected chi connectivity index (χ0v) is 11.1. The van der Waals surface area contributed by atoms with Gasteiger partial charge in [0.25, 0.3) is 0 Å². The van der Waals surface area contributed by atoms with E-state index >= 15 is 0 Å². The normalized spacial score (nSPS) is 14.2. The lowest BCUT2D eigenvalue weighted by Gasteiger charge is -2.29. The first-order valence-electron chi connectivity index (χ1n) is 5.50. The van der Waals surface area contributed by atoms with Crippen molar-refractivity contribution in [2.24, 2.45) is 0 Å². The smallest absolute Gasteiger partial charge is 0.318 e. The number of hydrogen-bond donors (Lipinski definition) is 2. The number of aromatic nitrogens is 2. The van der Waals surface area contributed by atoms with Crippen LogP contribution in [0.1, 0.15) is 26.7 Å². The molecule has 0 spiro atoms. The van der Waals surface area contributed by atoms with Crippen LogP contribution < -0.4 is 10.1 Å². The van der Waals surface area contributed by atoms with Gasteiger partial charge in [-0.2, -0.15) is 4.98 Å². The van der Waals surface area contributed by atoms with E-state index in [0.29, 0.717) is 17.3 Å². The zero-order chi connectivity index (χ0) is 12.9. The fourth-order valence-electron chi connectivity index (χ4n) is 1.40. The molecule has 17 heavy (non-hydrogen) atoms. The average Bonchev–Trinajstić information content (AvgIpc) is 2.32. The molecule has 5 nitrogen and oxygen atoms in total. The van der Waals surface area contributed by atoms with Crippen LogP contribution in [0.25, 0.3) is 0 Å². The molecule has 1 heterocycles. The first-order chi connectivity index (χ1) is 8.04. The highest BCUT2D eigenvalue weighted by atomic mass is 35.5. The van der Waals surface area contributed by atoms with E-state index in [9.17, 15) is 0 Å². The Morgan fingerprint density at radius 2 is 2.29 bits per heavy atom. The van der Waals surface area contributed by atoms with Crippen LogP contribution in [-0.4, -0.2) is 34.3 Å². The van der Waals surface area contributed by atoms with Crippen LogP contribution in [0.4, 0.5) is 5.82 Å². The second-order valence-electron chi connectivity index (χ2n) is 4.07. The highest BCUT2D eigenvalue weighted by molar-refractivity contribution is 6.32. The lowest BCUT2D eigenvalue weighted by Crippen LogP contribution is -2.35. The molecule has 0 amide bonds. The molecule has 2 N–H and O–H groups in total. The molecular weight excluding hydrogens is 242 g/mol. The largest absolute Gasteiger partial charge is 0.467 e. The molecule has 0 fully saturated rings. The van der Waals surface area contributed by atoms with Gasteiger partial charge < -0.3 is 15.2 Å². The van der Waals surface area contributed by atoms with Crippen LogP contribution in [0.3, 0.4) is 0 Å². The van der Waals surface area contributed by atoms with E-state index < -0.39 is 0 Å². The number of halogens is 1. The molecule has 0 saturated heterocycles. The Balaban J connectivity index is 2.92. The summed E-state index contributed by atoms with van der Waals surface area (Å²) >= 11 is 6.01. The van der Waals surface area contributed by atoms with Gasteiger partial charge in [0.1, 0.15) is 5.02 Å². The summed E-state index contributed by atoms with van der Waals surface area (Å²) < 4.78 is 4.95. The number of aliphatic hydroxyl groups is 1. The number of nitrogens with one attached hydrogen (secondary N) is 1. The van der Waals surface area contributed by atoms with Crippen LogP contribution >= 0.6 is 11.6 Å². The quantitative estimate of drug-likeness (QED) is 0.819. The number of nitrogens with zero attached hydrogens (tertiary/aromatic N) is 2. The van der Waals surface area contributed by atoms with Crippen molar-refractivity contribution >= 4 is 17.4 Å². The van der Waals surface area contributed by atoms with Crippen molar-refractivity contribution in [2.45, 2.75) is 32.2 Å². The van der Waals surface area contributed by atoms with Crippen molar-refractivity contribution in [2.75, 3.05) is 19.0 Å². The van der Waals surface area contributed by atoms with Crippen molar-refractivity contribution in [3.05, 3.63) is 11.2 Å². The maximum atomic E-state index is 9.05. The highest BCUT2D eigenvalue weighted by Gasteiger charge is 2.23. The third-order valence-corrected chi connectivity index (χ3v) is 3.05. The first-order valence-corrected chi connectivity index (χ1v) is 5.88. The molecule has 1 atom stereocenters. The van der Waals surface area contributed by atoms with Crippen molar-refractivity contribution in [1.82, 2.24) is 9.97 Å². The SMILES string of the molecule is CCC(C)(CCO)Nc1nc(OC)ncc1Cl. The van der Waals surface area contributed by atoms with E-state index in [1.165, 1.54) is 13.3 Å². The lowest BCUT2D eigenvalue weighted by molar-refractivity contribution is 0.251. The zero-order valence-electron chi connectivity index (χ0n) is 10.3. The number of rotatable bonds is 6. The molecule has 1 unspecified atom stereocenters. The summed E-state index contributed by atoms with van der Waals surface area (Å²) in [4.78, 5) is 8.05. The topological polar surface area (TPSA) is 67.3 Å². The summed E-state index contributed by atoms with van der Waals surface area (Å²) in [6, 6.07) is 0.263. The number of ether oxygens (including phenoxy) is 1. The molecule has 0 bridgehead atoms. The molecule has 0 aromatic carbocycles. The van der Waals surface area contributed by atoms with Gasteiger partial charge in [-0.3, -0.25) is 0 Å². The van der Waals surface area contributed by atoms with Gasteiger partial charge in [0, 0.05) is 12.1 Å². The minimum Gasteiger partial charge on any atom is -0.467 e. The number of aliphatic hydroxyl groups excluding tert-OH is 1. The Bertz CT molecular complexity index is 376. The monoisotopic (exact) mass is 259 g/mol. The summed E-state index contributed by atoms with van der Waals surface area (Å²) in [7, 11) is 1.50. The van der Waals surface area contributed by atoms with Gasteiger partial charge in [-0.25, -0.2) is 4.98 Å². The summed E-state index contributed by atoms with van der Waals surface area (Å²) in [6.07, 6.45) is 2.95.